The number of hydrogen-bond acceptors (Lipinski definition) is 8. The minimum atomic E-state index is -0.246. The number of aromatic nitrogens is 2. The van der Waals surface area contributed by atoms with Crippen LogP contribution in [0.2, 0.25) is 0 Å². The van der Waals surface area contributed by atoms with Crippen LogP contribution in [0, 0.1) is 6.92 Å². The van der Waals surface area contributed by atoms with Crippen LogP contribution in [0.4, 0.5) is 5.82 Å². The Kier molecular flexibility index (Phi) is 5.39. The van der Waals surface area contributed by atoms with Crippen molar-refractivity contribution in [3.63, 3.8) is 0 Å². The number of amides is 1. The molecule has 0 saturated carbocycles. The number of thioether (sulfide) groups is 1. The molecule has 1 aromatic carbocycles. The average Bonchev–Trinajstić information content (AvgIpc) is 3.10. The lowest BCUT2D eigenvalue weighted by molar-refractivity contribution is -0.113. The number of hydrogen-bond donors (Lipinski definition) is 1. The second-order valence-electron chi connectivity index (χ2n) is 6.75. The molecule has 0 unspecified atom stereocenters. The molecule has 1 N–H and O–H groups in total. The second kappa shape index (κ2) is 8.12. The van der Waals surface area contributed by atoms with Crippen LogP contribution < -0.4 is 9.64 Å². The van der Waals surface area contributed by atoms with Gasteiger partial charge >= 0.3 is 0 Å². The molecule has 1 aromatic heterocycles. The Morgan fingerprint density at radius 3 is 2.55 bits per heavy atom. The Morgan fingerprint density at radius 1 is 1.10 bits per heavy atom. The van der Waals surface area contributed by atoms with Gasteiger partial charge in [0.1, 0.15) is 0 Å². The summed E-state index contributed by atoms with van der Waals surface area (Å²) in [5.74, 6) is 1.05. The van der Waals surface area contributed by atoms with E-state index in [-0.39, 0.29) is 11.7 Å². The third-order valence-corrected chi connectivity index (χ3v) is 5.81. The van der Waals surface area contributed by atoms with Crippen LogP contribution in [0.25, 0.3) is 6.08 Å². The number of phenolic OH excluding ortho intramolecular Hbond substituents is 1. The van der Waals surface area contributed by atoms with Crippen LogP contribution in [0.5, 0.6) is 11.5 Å². The third-order valence-electron chi connectivity index (χ3n) is 4.77. The molecule has 2 aromatic rings. The van der Waals surface area contributed by atoms with Crippen LogP contribution in [0.1, 0.15) is 11.3 Å². The second-order valence-corrected chi connectivity index (χ2v) is 7.76. The number of ether oxygens (including phenoxy) is 1. The van der Waals surface area contributed by atoms with Crippen LogP contribution in [0.15, 0.2) is 40.2 Å². The van der Waals surface area contributed by atoms with Gasteiger partial charge in [-0.3, -0.25) is 4.79 Å². The Morgan fingerprint density at radius 2 is 1.86 bits per heavy atom. The molecule has 3 heterocycles. The lowest BCUT2D eigenvalue weighted by atomic mass is 10.2. The number of benzene rings is 1. The summed E-state index contributed by atoms with van der Waals surface area (Å²) in [6.45, 7) is 5.02. The van der Waals surface area contributed by atoms with Crippen molar-refractivity contribution in [1.29, 1.82) is 0 Å². The maximum Gasteiger partial charge on any atom is 0.286 e. The molecule has 2 aliphatic heterocycles. The molecule has 1 fully saturated rings. The van der Waals surface area contributed by atoms with Gasteiger partial charge in [0.05, 0.1) is 17.7 Å². The molecule has 0 aliphatic carbocycles. The number of phenols is 1. The first-order chi connectivity index (χ1) is 14.0. The molecule has 29 heavy (non-hydrogen) atoms. The van der Waals surface area contributed by atoms with Gasteiger partial charge in [-0.2, -0.15) is 10.1 Å². The Labute approximate surface area is 172 Å². The van der Waals surface area contributed by atoms with E-state index in [9.17, 15) is 9.90 Å². The number of aryl methyl sites for hydroxylation is 1. The van der Waals surface area contributed by atoms with E-state index in [4.69, 9.17) is 4.74 Å². The number of rotatable bonds is 3. The van der Waals surface area contributed by atoms with Gasteiger partial charge in [0.2, 0.25) is 0 Å². The van der Waals surface area contributed by atoms with Crippen molar-refractivity contribution in [2.75, 3.05) is 38.2 Å². The predicted octanol–water partition coefficient (Wildman–Crippen LogP) is 2.29. The first-order valence-corrected chi connectivity index (χ1v) is 10.0. The highest BCUT2D eigenvalue weighted by molar-refractivity contribution is 8.18. The van der Waals surface area contributed by atoms with Crippen molar-refractivity contribution < 1.29 is 14.6 Å². The number of methoxy groups -OCH3 is 1. The van der Waals surface area contributed by atoms with Gasteiger partial charge in [0.25, 0.3) is 5.91 Å². The molecule has 1 saturated heterocycles. The number of piperazine rings is 1. The van der Waals surface area contributed by atoms with Crippen LogP contribution >= 0.6 is 11.8 Å². The van der Waals surface area contributed by atoms with Crippen LogP contribution in [0.3, 0.4) is 0 Å². The average molecular weight is 411 g/mol. The maximum absolute atomic E-state index is 12.4. The first-order valence-electron chi connectivity index (χ1n) is 9.23. The molecule has 0 atom stereocenters. The molecule has 2 aliphatic rings. The van der Waals surface area contributed by atoms with Crippen molar-refractivity contribution in [2.45, 2.75) is 6.92 Å². The fraction of sp³-hybridized carbons (Fsp3) is 0.300. The van der Waals surface area contributed by atoms with Gasteiger partial charge in [0.15, 0.2) is 22.5 Å². The maximum atomic E-state index is 12.4. The summed E-state index contributed by atoms with van der Waals surface area (Å²) in [6, 6.07) is 8.91. The number of amidine groups is 1. The fourth-order valence-electron chi connectivity index (χ4n) is 3.16. The predicted molar refractivity (Wildman–Crippen MR) is 113 cm³/mol. The molecule has 0 radical (unpaired) electrons. The minimum Gasteiger partial charge on any atom is -0.504 e. The molecule has 4 rings (SSSR count). The van der Waals surface area contributed by atoms with E-state index < -0.39 is 0 Å². The van der Waals surface area contributed by atoms with Gasteiger partial charge in [0, 0.05) is 26.2 Å². The topological polar surface area (TPSA) is 91.2 Å². The monoisotopic (exact) mass is 411 g/mol. The zero-order valence-corrected chi connectivity index (χ0v) is 17.0. The summed E-state index contributed by atoms with van der Waals surface area (Å²) in [4.78, 5) is 21.5. The Balaban J connectivity index is 1.41. The van der Waals surface area contributed by atoms with E-state index in [1.807, 2.05) is 19.1 Å². The smallest absolute Gasteiger partial charge is 0.286 e. The molecule has 9 heteroatoms. The van der Waals surface area contributed by atoms with E-state index in [0.29, 0.717) is 10.7 Å². The molecule has 0 bridgehead atoms. The van der Waals surface area contributed by atoms with Crippen molar-refractivity contribution in [1.82, 2.24) is 15.1 Å². The summed E-state index contributed by atoms with van der Waals surface area (Å²) in [5.41, 5.74) is 1.67. The fourth-order valence-corrected chi connectivity index (χ4v) is 4.12. The van der Waals surface area contributed by atoms with Crippen molar-refractivity contribution in [2.24, 2.45) is 4.99 Å². The largest absolute Gasteiger partial charge is 0.504 e. The number of nitrogens with zero attached hydrogens (tertiary/aromatic N) is 5. The van der Waals surface area contributed by atoms with Crippen LogP contribution in [-0.4, -0.2) is 64.6 Å². The van der Waals surface area contributed by atoms with E-state index in [1.54, 1.807) is 24.3 Å². The zero-order valence-electron chi connectivity index (χ0n) is 16.2. The quantitative estimate of drug-likeness (QED) is 0.770. The third kappa shape index (κ3) is 4.19. The van der Waals surface area contributed by atoms with Crippen molar-refractivity contribution in [3.05, 3.63) is 46.5 Å². The summed E-state index contributed by atoms with van der Waals surface area (Å²) in [6.07, 6.45) is 1.77. The van der Waals surface area contributed by atoms with E-state index >= 15 is 0 Å². The van der Waals surface area contributed by atoms with Gasteiger partial charge in [-0.1, -0.05) is 6.07 Å². The zero-order chi connectivity index (χ0) is 20.4. The standard InChI is InChI=1S/C20H21N5O3S/c1-13-3-6-18(23-22-13)24-7-9-25(10-8-24)20-21-19(27)17(29-20)12-14-4-5-15(26)16(11-14)28-2/h3-6,11-12,26H,7-10H2,1-2H3. The number of carbonyl (C=O) groups excluding carboxylic acids is 1. The Hall–Kier alpha value is -3.07. The first kappa shape index (κ1) is 19.3. The lowest BCUT2D eigenvalue weighted by Crippen LogP contribution is -2.48. The SMILES string of the molecule is COc1cc(C=C2SC(N3CCN(c4ccc(C)nn4)CC3)=NC2=O)ccc1O. The van der Waals surface area contributed by atoms with E-state index in [0.717, 1.165) is 48.4 Å². The Bertz CT molecular complexity index is 982. The van der Waals surface area contributed by atoms with Gasteiger partial charge in [-0.25, -0.2) is 0 Å². The summed E-state index contributed by atoms with van der Waals surface area (Å²) in [5, 5.41) is 18.8. The van der Waals surface area contributed by atoms with Gasteiger partial charge in [-0.05, 0) is 54.6 Å². The van der Waals surface area contributed by atoms with Crippen LogP contribution in [-0.2, 0) is 4.79 Å². The van der Waals surface area contributed by atoms with Crippen molar-refractivity contribution in [3.8, 4) is 11.5 Å². The van der Waals surface area contributed by atoms with Gasteiger partial charge in [-0.15, -0.1) is 5.10 Å². The molecule has 150 valence electrons. The van der Waals surface area contributed by atoms with Crippen molar-refractivity contribution >= 4 is 34.7 Å². The molecule has 8 nitrogen and oxygen atoms in total. The normalized spacial score (nSPS) is 18.3. The molecule has 1 amide bonds. The number of aromatic hydroxyl groups is 1. The summed E-state index contributed by atoms with van der Waals surface area (Å²) < 4.78 is 5.12. The lowest BCUT2D eigenvalue weighted by Gasteiger charge is -2.35. The van der Waals surface area contributed by atoms with E-state index in [2.05, 4.69) is 25.0 Å². The summed E-state index contributed by atoms with van der Waals surface area (Å²) >= 11 is 1.37. The molecular formula is C20H21N5O3S. The minimum absolute atomic E-state index is 0.0631. The number of anilines is 1. The van der Waals surface area contributed by atoms with E-state index in [1.165, 1.54) is 18.9 Å². The number of aliphatic imine (C=N–C) groups is 1. The highest BCUT2D eigenvalue weighted by atomic mass is 32.2. The highest BCUT2D eigenvalue weighted by Crippen LogP contribution is 2.33. The number of carbonyl (C=O) groups is 1. The van der Waals surface area contributed by atoms with Gasteiger partial charge < -0.3 is 19.6 Å². The summed E-state index contributed by atoms with van der Waals surface area (Å²) in [7, 11) is 1.49. The molecular weight excluding hydrogens is 390 g/mol. The highest BCUT2D eigenvalue weighted by Gasteiger charge is 2.28. The molecule has 0 spiro atoms.